The second-order valence-corrected chi connectivity index (χ2v) is 21.5. The van der Waals surface area contributed by atoms with Crippen molar-refractivity contribution >= 4 is 111 Å². The molecule has 2 fully saturated rings. The van der Waals surface area contributed by atoms with E-state index in [0.29, 0.717) is 45.2 Å². The third-order valence-corrected chi connectivity index (χ3v) is 9.92. The number of carbonyl (C=O) groups is 7. The van der Waals surface area contributed by atoms with Gasteiger partial charge >= 0.3 is 23.9 Å². The second kappa shape index (κ2) is 27.3. The maximum atomic E-state index is 12.6. The summed E-state index contributed by atoms with van der Waals surface area (Å²) in [6, 6.07) is -0.813. The molecule has 2 aliphatic heterocycles. The molecule has 61 heavy (non-hydrogen) atoms. The van der Waals surface area contributed by atoms with Gasteiger partial charge in [-0.25, -0.2) is 4.79 Å². The number of nitrogens with zero attached hydrogens (tertiary/aromatic N) is 2. The number of esters is 3. The van der Waals surface area contributed by atoms with E-state index in [2.05, 4.69) is 5.32 Å². The van der Waals surface area contributed by atoms with Crippen molar-refractivity contribution in [3.8, 4) is 0 Å². The minimum absolute atomic E-state index is 0.00498. The van der Waals surface area contributed by atoms with Crippen LogP contribution in [0.15, 0.2) is 0 Å². The second-order valence-electron chi connectivity index (χ2n) is 16.5. The molecule has 2 heterocycles. The van der Waals surface area contributed by atoms with Crippen molar-refractivity contribution in [2.75, 3.05) is 39.4 Å². The molecule has 0 unspecified atom stereocenters. The summed E-state index contributed by atoms with van der Waals surface area (Å²) in [7, 11) is 0. The molecule has 3 amide bonds. The summed E-state index contributed by atoms with van der Waals surface area (Å²) < 4.78 is 11.9. The number of likely N-dealkylation sites (tertiary alicyclic amines) is 2. The number of nitrogens with one attached hydrogen (secondary N) is 1. The molecule has 16 nitrogen and oxygen atoms in total. The van der Waals surface area contributed by atoms with Crippen molar-refractivity contribution in [1.82, 2.24) is 15.1 Å². The van der Waals surface area contributed by atoms with Crippen LogP contribution in [0.25, 0.3) is 0 Å². The lowest BCUT2D eigenvalue weighted by molar-refractivity contribution is -0.159. The molecule has 0 saturated carbocycles. The van der Waals surface area contributed by atoms with E-state index in [9.17, 15) is 38.7 Å². The molecule has 0 bridgehead atoms. The van der Waals surface area contributed by atoms with Crippen molar-refractivity contribution < 1.29 is 63.1 Å². The van der Waals surface area contributed by atoms with Crippen molar-refractivity contribution in [2.45, 2.75) is 132 Å². The number of alkyl halides is 6. The molecule has 0 spiro atoms. The Balaban J connectivity index is 0.00000100. The van der Waals surface area contributed by atoms with Crippen LogP contribution in [-0.4, -0.2) is 138 Å². The SMILES string of the molecule is CC(C)[C@H](O)C(=O)O.CC[C@H](C)[C@H](O)C(=O)N[C@@H](C)C(=O)N1CCC[C@@H](C(=O)OCC(Cl)(Cl)Cl)C1.C[C@H](CC(=O)OC(C)(C)C)C(=O)N1CCC[C@@H](C(=O)OCC(Cl)(Cl)Cl)C1. The zero-order chi connectivity index (χ0) is 47.6. The molecular weight excluding hydrogens is 931 g/mol. The number of piperidine rings is 2. The fourth-order valence-corrected chi connectivity index (χ4v) is 6.04. The van der Waals surface area contributed by atoms with Gasteiger partial charge in [0, 0.05) is 32.1 Å². The number of hydrogen-bond acceptors (Lipinski definition) is 12. The van der Waals surface area contributed by atoms with Crippen molar-refractivity contribution in [3.05, 3.63) is 0 Å². The van der Waals surface area contributed by atoms with Crippen LogP contribution in [0.5, 0.6) is 0 Å². The van der Waals surface area contributed by atoms with E-state index in [1.165, 1.54) is 4.90 Å². The first-order valence-corrected chi connectivity index (χ1v) is 22.2. The normalized spacial score (nSPS) is 19.6. The molecule has 0 aromatic rings. The molecule has 0 aromatic carbocycles. The smallest absolute Gasteiger partial charge is 0.332 e. The number of carbonyl (C=O) groups excluding carboxylic acids is 6. The Morgan fingerprint density at radius 1 is 0.721 bits per heavy atom. The Bertz CT molecular complexity index is 1460. The quantitative estimate of drug-likeness (QED) is 0.0940. The predicted octanol–water partition coefficient (Wildman–Crippen LogP) is 5.64. The van der Waals surface area contributed by atoms with E-state index in [0.717, 1.165) is 0 Å². The van der Waals surface area contributed by atoms with Crippen LogP contribution in [0.3, 0.4) is 0 Å². The van der Waals surface area contributed by atoms with Gasteiger partial charge in [-0.3, -0.25) is 28.8 Å². The van der Waals surface area contributed by atoms with Crippen LogP contribution in [0.1, 0.15) is 101 Å². The highest BCUT2D eigenvalue weighted by molar-refractivity contribution is 6.68. The lowest BCUT2D eigenvalue weighted by Gasteiger charge is -2.33. The number of carboxylic acid groups (broad SMARTS) is 1. The first-order chi connectivity index (χ1) is 27.8. The first-order valence-electron chi connectivity index (χ1n) is 20.0. The fraction of sp³-hybridized carbons (Fsp3) is 0.821. The Hall–Kier alpha value is -2.05. The van der Waals surface area contributed by atoms with Crippen molar-refractivity contribution in [3.63, 3.8) is 0 Å². The number of aliphatic hydroxyl groups excluding tert-OH is 2. The lowest BCUT2D eigenvalue weighted by atomic mass is 9.96. The van der Waals surface area contributed by atoms with Gasteiger partial charge in [0.05, 0.1) is 18.3 Å². The molecule has 22 heteroatoms. The fourth-order valence-electron chi connectivity index (χ4n) is 5.71. The summed E-state index contributed by atoms with van der Waals surface area (Å²) in [5.41, 5.74) is -0.595. The van der Waals surface area contributed by atoms with Gasteiger partial charge in [0.15, 0.2) is 6.10 Å². The number of amides is 3. The minimum atomic E-state index is -1.69. The number of ether oxygens (including phenoxy) is 3. The number of rotatable bonds is 14. The average Bonchev–Trinajstić information content (AvgIpc) is 3.16. The van der Waals surface area contributed by atoms with E-state index >= 15 is 0 Å². The van der Waals surface area contributed by atoms with E-state index in [4.69, 9.17) is 94.0 Å². The maximum Gasteiger partial charge on any atom is 0.332 e. The third kappa shape index (κ3) is 25.1. The number of hydrogen-bond donors (Lipinski definition) is 4. The van der Waals surface area contributed by atoms with Gasteiger partial charge in [-0.05, 0) is 65.2 Å². The summed E-state index contributed by atoms with van der Waals surface area (Å²) >= 11 is 33.4. The third-order valence-electron chi connectivity index (χ3n) is 9.27. The summed E-state index contributed by atoms with van der Waals surface area (Å²) in [6.45, 7) is 16.2. The number of aliphatic hydroxyl groups is 2. The maximum absolute atomic E-state index is 12.6. The Labute approximate surface area is 388 Å². The zero-order valence-electron chi connectivity index (χ0n) is 36.2. The van der Waals surface area contributed by atoms with Crippen LogP contribution in [0.4, 0.5) is 0 Å². The highest BCUT2D eigenvalue weighted by atomic mass is 35.6. The standard InChI is InChI=1S/C17H27Cl3N2O5.C17H26Cl3NO5.C5H10O3/c1-4-10(2)13(23)14(24)21-11(3)15(25)22-7-5-6-12(8-22)16(26)27-9-17(18,19)20;1-11(8-13(22)26-16(2,3)4)14(23)21-7-5-6-12(9-21)15(24)25-10-17(18,19)20;1-3(2)4(6)5(7)8/h10-13,23H,4-9H2,1-3H3,(H,21,24);11-12H,5-10H2,1-4H3;3-4,6H,1-2H3,(H,7,8)/t10-,11-,12+,13-;11-,12-;4-/m010/s1. The lowest BCUT2D eigenvalue weighted by Crippen LogP contribution is -2.53. The molecule has 4 N–H and O–H groups in total. The molecule has 0 radical (unpaired) electrons. The Morgan fingerprint density at radius 2 is 1.15 bits per heavy atom. The molecule has 354 valence electrons. The topological polar surface area (TPSA) is 226 Å². The summed E-state index contributed by atoms with van der Waals surface area (Å²) in [4.78, 5) is 86.3. The summed E-state index contributed by atoms with van der Waals surface area (Å²) in [5, 5.41) is 29.2. The summed E-state index contributed by atoms with van der Waals surface area (Å²) in [5.74, 6) is -5.59. The molecule has 0 aliphatic carbocycles. The Morgan fingerprint density at radius 3 is 1.49 bits per heavy atom. The zero-order valence-corrected chi connectivity index (χ0v) is 40.7. The predicted molar refractivity (Wildman–Crippen MR) is 232 cm³/mol. The van der Waals surface area contributed by atoms with Gasteiger partial charge in [0.2, 0.25) is 25.3 Å². The van der Waals surface area contributed by atoms with E-state index in [-0.39, 0.29) is 56.4 Å². The molecular formula is C39H63Cl6N3O13. The number of aliphatic carboxylic acids is 1. The van der Waals surface area contributed by atoms with Crippen molar-refractivity contribution in [1.29, 1.82) is 0 Å². The van der Waals surface area contributed by atoms with Crippen LogP contribution >= 0.6 is 69.6 Å². The largest absolute Gasteiger partial charge is 0.479 e. The molecule has 7 atom stereocenters. The van der Waals surface area contributed by atoms with Crippen LogP contribution in [0.2, 0.25) is 0 Å². The Kier molecular flexibility index (Phi) is 26.4. The van der Waals surface area contributed by atoms with Gasteiger partial charge in [0.1, 0.15) is 31.0 Å². The molecule has 2 rings (SSSR count). The monoisotopic (exact) mass is 991 g/mol. The van der Waals surface area contributed by atoms with E-state index in [1.807, 2.05) is 6.92 Å². The van der Waals surface area contributed by atoms with E-state index in [1.54, 1.807) is 60.3 Å². The molecule has 0 aromatic heterocycles. The number of halogens is 6. The number of carboxylic acids is 1. The average molecular weight is 995 g/mol. The van der Waals surface area contributed by atoms with E-state index < -0.39 is 79.0 Å². The minimum Gasteiger partial charge on any atom is -0.479 e. The van der Waals surface area contributed by atoms with Gasteiger partial charge in [-0.1, -0.05) is 111 Å². The van der Waals surface area contributed by atoms with Gasteiger partial charge in [-0.2, -0.15) is 0 Å². The van der Waals surface area contributed by atoms with Crippen LogP contribution in [0, 0.1) is 29.6 Å². The highest BCUT2D eigenvalue weighted by Crippen LogP contribution is 2.29. The first kappa shape index (κ1) is 58.9. The van der Waals surface area contributed by atoms with Crippen LogP contribution in [-0.2, 0) is 47.8 Å². The van der Waals surface area contributed by atoms with Crippen LogP contribution < -0.4 is 5.32 Å². The van der Waals surface area contributed by atoms with Gasteiger partial charge < -0.3 is 44.6 Å². The highest BCUT2D eigenvalue weighted by Gasteiger charge is 2.36. The van der Waals surface area contributed by atoms with Crippen molar-refractivity contribution in [2.24, 2.45) is 29.6 Å². The van der Waals surface area contributed by atoms with Gasteiger partial charge in [0.25, 0.3) is 0 Å². The van der Waals surface area contributed by atoms with Gasteiger partial charge in [-0.15, -0.1) is 0 Å². The molecule has 2 aliphatic rings. The molecule has 2 saturated heterocycles. The summed E-state index contributed by atoms with van der Waals surface area (Å²) in [6.07, 6.45) is 0.703.